The summed E-state index contributed by atoms with van der Waals surface area (Å²) < 4.78 is 25.3. The third-order valence-corrected chi connectivity index (χ3v) is 4.86. The molecule has 0 saturated carbocycles. The molecule has 0 N–H and O–H groups in total. The maximum Gasteiger partial charge on any atom is 0.346 e. The Bertz CT molecular complexity index is 1030. The van der Waals surface area contributed by atoms with E-state index in [4.69, 9.17) is 9.15 Å². The van der Waals surface area contributed by atoms with Crippen molar-refractivity contribution < 1.29 is 13.5 Å². The van der Waals surface area contributed by atoms with Crippen molar-refractivity contribution in [3.05, 3.63) is 87.7 Å². The highest BCUT2D eigenvalue weighted by Crippen LogP contribution is 2.25. The van der Waals surface area contributed by atoms with Gasteiger partial charge in [0.15, 0.2) is 11.6 Å². The Kier molecular flexibility index (Phi) is 7.23. The Morgan fingerprint density at radius 2 is 1.76 bits per heavy atom. The molecule has 0 fully saturated rings. The molecule has 2 aromatic carbocycles. The number of rotatable bonds is 9. The van der Waals surface area contributed by atoms with E-state index in [1.165, 1.54) is 11.1 Å². The topological polar surface area (TPSA) is 39.4 Å². The van der Waals surface area contributed by atoms with Gasteiger partial charge < -0.3 is 9.15 Å². The van der Waals surface area contributed by atoms with Gasteiger partial charge in [-0.3, -0.25) is 0 Å². The minimum atomic E-state index is -0.656. The van der Waals surface area contributed by atoms with Gasteiger partial charge in [-0.1, -0.05) is 49.4 Å². The molecule has 3 nitrogen and oxygen atoms in total. The predicted octanol–water partition coefficient (Wildman–Crippen LogP) is 6.01. The second-order valence-corrected chi connectivity index (χ2v) is 7.11. The Morgan fingerprint density at radius 1 is 1.03 bits per heavy atom. The number of hydrogen-bond donors (Lipinski definition) is 0. The average Bonchev–Trinajstić information content (AvgIpc) is 2.72. The summed E-state index contributed by atoms with van der Waals surface area (Å²) in [5.41, 5.74) is 1.83. The molecular weight excluding hydrogens is 367 g/mol. The zero-order valence-corrected chi connectivity index (χ0v) is 17.0. The number of fused-ring (bicyclic) bond motifs is 1. The minimum absolute atomic E-state index is 0.0483. The molecule has 3 aromatic rings. The van der Waals surface area contributed by atoms with Crippen molar-refractivity contribution in [3.8, 4) is 5.75 Å². The summed E-state index contributed by atoms with van der Waals surface area (Å²) in [4.78, 5) is 12.4. The number of halogens is 1. The molecule has 3 rings (SSSR count). The number of ether oxygens (including phenoxy) is 1. The number of hydrogen-bond acceptors (Lipinski definition) is 3. The first kappa shape index (κ1) is 20.8. The summed E-state index contributed by atoms with van der Waals surface area (Å²) in [5, 5.41) is 0.491. The van der Waals surface area contributed by atoms with Crippen molar-refractivity contribution in [2.75, 3.05) is 6.61 Å². The van der Waals surface area contributed by atoms with Gasteiger partial charge in [-0.25, -0.2) is 9.18 Å². The van der Waals surface area contributed by atoms with Crippen molar-refractivity contribution in [2.24, 2.45) is 0 Å². The highest BCUT2D eigenvalue weighted by atomic mass is 19.1. The smallest absolute Gasteiger partial charge is 0.346 e. The van der Waals surface area contributed by atoms with E-state index in [0.29, 0.717) is 24.2 Å². The predicted molar refractivity (Wildman–Crippen MR) is 115 cm³/mol. The molecule has 0 unspecified atom stereocenters. The lowest BCUT2D eigenvalue weighted by Crippen LogP contribution is -2.07. The maximum atomic E-state index is 14.6. The van der Waals surface area contributed by atoms with E-state index < -0.39 is 11.4 Å². The van der Waals surface area contributed by atoms with Crippen molar-refractivity contribution in [1.82, 2.24) is 0 Å². The molecule has 1 aromatic heterocycles. The third kappa shape index (κ3) is 5.35. The molecule has 152 valence electrons. The van der Waals surface area contributed by atoms with Crippen LogP contribution in [0.3, 0.4) is 0 Å². The molecule has 0 aliphatic carbocycles. The highest BCUT2D eigenvalue weighted by Gasteiger charge is 2.14. The van der Waals surface area contributed by atoms with E-state index in [0.717, 1.165) is 25.7 Å². The van der Waals surface area contributed by atoms with Crippen LogP contribution in [-0.4, -0.2) is 6.61 Å². The Morgan fingerprint density at radius 3 is 2.45 bits per heavy atom. The fourth-order valence-electron chi connectivity index (χ4n) is 3.28. The number of aryl methyl sites for hydroxylation is 3. The van der Waals surface area contributed by atoms with Gasteiger partial charge in [-0.05, 0) is 61.3 Å². The number of allylic oxidation sites excluding steroid dienone is 2. The fourth-order valence-corrected chi connectivity index (χ4v) is 3.28. The summed E-state index contributed by atoms with van der Waals surface area (Å²) in [6.07, 6.45) is 8.40. The zero-order valence-electron chi connectivity index (χ0n) is 17.0. The van der Waals surface area contributed by atoms with Gasteiger partial charge in [0.2, 0.25) is 0 Å². The van der Waals surface area contributed by atoms with Crippen molar-refractivity contribution in [2.45, 2.75) is 46.0 Å². The van der Waals surface area contributed by atoms with Crippen molar-refractivity contribution in [3.63, 3.8) is 0 Å². The second kappa shape index (κ2) is 10.1. The summed E-state index contributed by atoms with van der Waals surface area (Å²) in [7, 11) is 0. The Balaban J connectivity index is 1.71. The first-order chi connectivity index (χ1) is 14.1. The van der Waals surface area contributed by atoms with Gasteiger partial charge in [0.1, 0.15) is 11.1 Å². The van der Waals surface area contributed by atoms with Crippen LogP contribution in [0.4, 0.5) is 4.39 Å². The monoisotopic (exact) mass is 394 g/mol. The molecule has 0 bridgehead atoms. The second-order valence-electron chi connectivity index (χ2n) is 7.11. The molecule has 0 atom stereocenters. The largest absolute Gasteiger partial charge is 0.491 e. The van der Waals surface area contributed by atoms with Crippen LogP contribution >= 0.6 is 0 Å². The van der Waals surface area contributed by atoms with Gasteiger partial charge in [0.05, 0.1) is 6.61 Å². The maximum absolute atomic E-state index is 14.6. The SMILES string of the molecule is C/C=C/CCc1ccc(CCc2cc3ccc(OCCC)c(F)c3c(=O)o2)cc1. The first-order valence-electron chi connectivity index (χ1n) is 10.2. The molecule has 0 spiro atoms. The Labute approximate surface area is 170 Å². The van der Waals surface area contributed by atoms with Crippen LogP contribution in [0.2, 0.25) is 0 Å². The molecule has 0 saturated heterocycles. The first-order valence-corrected chi connectivity index (χ1v) is 10.2. The third-order valence-electron chi connectivity index (χ3n) is 4.86. The fraction of sp³-hybridized carbons (Fsp3) is 0.320. The Hall–Kier alpha value is -2.88. The molecule has 29 heavy (non-hydrogen) atoms. The van der Waals surface area contributed by atoms with Crippen molar-refractivity contribution in [1.29, 1.82) is 0 Å². The average molecular weight is 394 g/mol. The summed E-state index contributed by atoms with van der Waals surface area (Å²) in [6.45, 7) is 4.37. The summed E-state index contributed by atoms with van der Waals surface area (Å²) in [6, 6.07) is 13.5. The standard InChI is InChI=1S/C25H27FO3/c1-3-5-6-7-18-8-10-19(11-9-18)12-14-21-17-20-13-15-22(28-16-4-2)24(26)23(20)25(27)29-21/h3,5,8-11,13,15,17H,4,6-7,12,14,16H2,1-2H3/b5-3+. The van der Waals surface area contributed by atoms with Gasteiger partial charge in [0, 0.05) is 6.42 Å². The van der Waals surface area contributed by atoms with Crippen LogP contribution in [0.25, 0.3) is 10.8 Å². The zero-order chi connectivity index (χ0) is 20.6. The normalized spacial score (nSPS) is 11.4. The van der Waals surface area contributed by atoms with Crippen LogP contribution in [0.1, 0.15) is 43.6 Å². The van der Waals surface area contributed by atoms with Gasteiger partial charge in [-0.15, -0.1) is 0 Å². The number of benzene rings is 2. The summed E-state index contributed by atoms with van der Waals surface area (Å²) >= 11 is 0. The lowest BCUT2D eigenvalue weighted by atomic mass is 10.0. The van der Waals surface area contributed by atoms with E-state index in [1.807, 2.05) is 13.8 Å². The van der Waals surface area contributed by atoms with Gasteiger partial charge in [-0.2, -0.15) is 0 Å². The molecular formula is C25H27FO3. The van der Waals surface area contributed by atoms with Gasteiger partial charge >= 0.3 is 5.63 Å². The van der Waals surface area contributed by atoms with E-state index in [1.54, 1.807) is 18.2 Å². The van der Waals surface area contributed by atoms with E-state index in [9.17, 15) is 9.18 Å². The van der Waals surface area contributed by atoms with Crippen molar-refractivity contribution >= 4 is 10.8 Å². The molecule has 1 heterocycles. The van der Waals surface area contributed by atoms with Crippen LogP contribution in [0.5, 0.6) is 5.75 Å². The van der Waals surface area contributed by atoms with E-state index >= 15 is 0 Å². The van der Waals surface area contributed by atoms with Gasteiger partial charge in [0.25, 0.3) is 0 Å². The molecule has 0 aliphatic heterocycles. The minimum Gasteiger partial charge on any atom is -0.491 e. The van der Waals surface area contributed by atoms with Crippen LogP contribution in [0, 0.1) is 5.82 Å². The summed E-state index contributed by atoms with van der Waals surface area (Å²) in [5.74, 6) is -0.0000372. The van der Waals surface area contributed by atoms with Crippen LogP contribution in [0.15, 0.2) is 63.8 Å². The highest BCUT2D eigenvalue weighted by molar-refractivity contribution is 5.83. The van der Waals surface area contributed by atoms with E-state index in [2.05, 4.69) is 36.4 Å². The molecule has 0 amide bonds. The quantitative estimate of drug-likeness (QED) is 0.417. The van der Waals surface area contributed by atoms with Crippen LogP contribution < -0.4 is 10.4 Å². The molecule has 0 radical (unpaired) electrons. The van der Waals surface area contributed by atoms with E-state index in [-0.39, 0.29) is 11.1 Å². The van der Waals surface area contributed by atoms with Crippen LogP contribution in [-0.2, 0) is 19.3 Å². The molecule has 4 heteroatoms. The lowest BCUT2D eigenvalue weighted by molar-refractivity contribution is 0.302. The molecule has 0 aliphatic rings. The lowest BCUT2D eigenvalue weighted by Gasteiger charge is -2.08.